The Kier molecular flexibility index (Phi) is 4.22. The molecule has 0 unspecified atom stereocenters. The van der Waals surface area contributed by atoms with Crippen LogP contribution in [0.25, 0.3) is 66.4 Å². The van der Waals surface area contributed by atoms with Gasteiger partial charge >= 0.3 is 0 Å². The standard InChI is InChI=1S/C33H21N/c1-2-10-29-28(9-1)31-12-4-11-30-27(17-18-32(29)33(30)31)23-15-13-22(14-16-23)24-6-3-7-25(20-24)26-8-5-19-34-21-26/h1-21H. The highest BCUT2D eigenvalue weighted by Gasteiger charge is 2.21. The molecule has 0 amide bonds. The van der Waals surface area contributed by atoms with Crippen LogP contribution in [0.3, 0.4) is 0 Å². The molecule has 0 saturated heterocycles. The Morgan fingerprint density at radius 1 is 0.382 bits per heavy atom. The van der Waals surface area contributed by atoms with Crippen molar-refractivity contribution >= 4 is 10.8 Å². The van der Waals surface area contributed by atoms with E-state index in [0.29, 0.717) is 0 Å². The Morgan fingerprint density at radius 2 is 1.00 bits per heavy atom. The summed E-state index contributed by atoms with van der Waals surface area (Å²) in [7, 11) is 0. The van der Waals surface area contributed by atoms with Gasteiger partial charge in [-0.1, -0.05) is 103 Å². The van der Waals surface area contributed by atoms with Gasteiger partial charge in [-0.3, -0.25) is 4.98 Å². The van der Waals surface area contributed by atoms with E-state index >= 15 is 0 Å². The number of hydrogen-bond donors (Lipinski definition) is 0. The quantitative estimate of drug-likeness (QED) is 0.272. The fourth-order valence-electron chi connectivity index (χ4n) is 5.31. The van der Waals surface area contributed by atoms with Crippen LogP contribution in [0.5, 0.6) is 0 Å². The zero-order valence-electron chi connectivity index (χ0n) is 18.6. The van der Waals surface area contributed by atoms with Gasteiger partial charge < -0.3 is 0 Å². The van der Waals surface area contributed by atoms with E-state index in [1.54, 1.807) is 0 Å². The normalized spacial score (nSPS) is 11.5. The highest BCUT2D eigenvalue weighted by molar-refractivity contribution is 6.18. The zero-order valence-corrected chi connectivity index (χ0v) is 18.6. The number of aromatic nitrogens is 1. The molecule has 6 aromatic rings. The van der Waals surface area contributed by atoms with Crippen LogP contribution in [-0.2, 0) is 0 Å². The van der Waals surface area contributed by atoms with Gasteiger partial charge in [0.25, 0.3) is 0 Å². The Bertz CT molecular complexity index is 1650. The fourth-order valence-corrected chi connectivity index (χ4v) is 5.31. The molecule has 1 heteroatoms. The minimum atomic E-state index is 1.13. The summed E-state index contributed by atoms with van der Waals surface area (Å²) in [5.74, 6) is 0. The zero-order chi connectivity index (χ0) is 22.5. The fraction of sp³-hybridized carbons (Fsp3) is 0. The van der Waals surface area contributed by atoms with Gasteiger partial charge in [0.1, 0.15) is 0 Å². The number of rotatable bonds is 3. The van der Waals surface area contributed by atoms with Crippen LogP contribution in [-0.4, -0.2) is 4.98 Å². The topological polar surface area (TPSA) is 12.9 Å². The van der Waals surface area contributed by atoms with Crippen LogP contribution >= 0.6 is 0 Å². The van der Waals surface area contributed by atoms with Crippen molar-refractivity contribution in [2.24, 2.45) is 0 Å². The molecule has 34 heavy (non-hydrogen) atoms. The van der Waals surface area contributed by atoms with Crippen molar-refractivity contribution in [2.45, 2.75) is 0 Å². The minimum absolute atomic E-state index is 1.13. The van der Waals surface area contributed by atoms with E-state index in [1.807, 2.05) is 18.5 Å². The van der Waals surface area contributed by atoms with Gasteiger partial charge in [0, 0.05) is 18.0 Å². The predicted octanol–water partition coefficient (Wildman–Crippen LogP) is 8.88. The number of nitrogens with zero attached hydrogens (tertiary/aromatic N) is 1. The van der Waals surface area contributed by atoms with Gasteiger partial charge in [0.05, 0.1) is 0 Å². The van der Waals surface area contributed by atoms with E-state index in [0.717, 1.165) is 5.56 Å². The minimum Gasteiger partial charge on any atom is -0.264 e. The highest BCUT2D eigenvalue weighted by atomic mass is 14.6. The van der Waals surface area contributed by atoms with Gasteiger partial charge in [0.2, 0.25) is 0 Å². The second kappa shape index (κ2) is 7.54. The molecule has 158 valence electrons. The van der Waals surface area contributed by atoms with E-state index in [-0.39, 0.29) is 0 Å². The predicted molar refractivity (Wildman–Crippen MR) is 142 cm³/mol. The number of fused-ring (bicyclic) bond motifs is 3. The van der Waals surface area contributed by atoms with Crippen LogP contribution in [0.4, 0.5) is 0 Å². The first-order chi connectivity index (χ1) is 16.9. The first-order valence-corrected chi connectivity index (χ1v) is 11.6. The summed E-state index contributed by atoms with van der Waals surface area (Å²) < 4.78 is 0. The second-order valence-electron chi connectivity index (χ2n) is 8.83. The van der Waals surface area contributed by atoms with Crippen molar-refractivity contribution in [3.63, 3.8) is 0 Å². The molecule has 1 aliphatic rings. The van der Waals surface area contributed by atoms with Crippen molar-refractivity contribution in [1.82, 2.24) is 4.98 Å². The van der Waals surface area contributed by atoms with E-state index in [1.165, 1.54) is 60.8 Å². The molecule has 1 heterocycles. The summed E-state index contributed by atoms with van der Waals surface area (Å²) in [6.07, 6.45) is 3.72. The Hall–Kier alpha value is -4.49. The monoisotopic (exact) mass is 431 g/mol. The molecule has 1 nitrogen and oxygen atoms in total. The molecule has 5 aromatic carbocycles. The molecule has 0 radical (unpaired) electrons. The lowest BCUT2D eigenvalue weighted by atomic mass is 9.93. The molecule has 7 rings (SSSR count). The molecule has 1 aromatic heterocycles. The maximum Gasteiger partial charge on any atom is 0.0346 e. The summed E-state index contributed by atoms with van der Waals surface area (Å²) in [6, 6.07) is 41.7. The number of benzene rings is 5. The maximum absolute atomic E-state index is 4.26. The molecule has 0 aliphatic heterocycles. The molecule has 0 N–H and O–H groups in total. The molecule has 1 aliphatic carbocycles. The lowest BCUT2D eigenvalue weighted by molar-refractivity contribution is 1.33. The SMILES string of the molecule is c1cncc(-c2cccc(-c3ccc(-c4ccc5c6c(cccc46)-c4ccccc4-5)cc3)c2)c1. The molecular formula is C33H21N. The van der Waals surface area contributed by atoms with Crippen molar-refractivity contribution in [3.8, 4) is 55.6 Å². The van der Waals surface area contributed by atoms with Crippen LogP contribution in [0.1, 0.15) is 0 Å². The third-order valence-corrected chi connectivity index (χ3v) is 6.93. The van der Waals surface area contributed by atoms with Crippen molar-refractivity contribution < 1.29 is 0 Å². The van der Waals surface area contributed by atoms with Gasteiger partial charge in [-0.2, -0.15) is 0 Å². The summed E-state index contributed by atoms with van der Waals surface area (Å²) in [4.78, 5) is 4.26. The smallest absolute Gasteiger partial charge is 0.0346 e. The van der Waals surface area contributed by atoms with E-state index < -0.39 is 0 Å². The number of pyridine rings is 1. The third-order valence-electron chi connectivity index (χ3n) is 6.93. The first-order valence-electron chi connectivity index (χ1n) is 11.6. The molecular weight excluding hydrogens is 410 g/mol. The van der Waals surface area contributed by atoms with Crippen molar-refractivity contribution in [3.05, 3.63) is 128 Å². The molecule has 0 fully saturated rings. The number of hydrogen-bond acceptors (Lipinski definition) is 1. The first kappa shape index (κ1) is 19.0. The molecule has 0 atom stereocenters. The lowest BCUT2D eigenvalue weighted by Gasteiger charge is -2.11. The molecule has 0 bridgehead atoms. The summed E-state index contributed by atoms with van der Waals surface area (Å²) >= 11 is 0. The molecule has 0 spiro atoms. The van der Waals surface area contributed by atoms with Crippen LogP contribution in [0.15, 0.2) is 128 Å². The highest BCUT2D eigenvalue weighted by Crippen LogP contribution is 2.49. The Morgan fingerprint density at radius 3 is 1.76 bits per heavy atom. The van der Waals surface area contributed by atoms with E-state index in [2.05, 4.69) is 114 Å². The van der Waals surface area contributed by atoms with E-state index in [9.17, 15) is 0 Å². The summed E-state index contributed by atoms with van der Waals surface area (Å²) in [5.41, 5.74) is 12.6. The molecule has 0 saturated carbocycles. The average Bonchev–Trinajstić information content (AvgIpc) is 3.25. The Balaban J connectivity index is 1.30. The van der Waals surface area contributed by atoms with Crippen LogP contribution < -0.4 is 0 Å². The lowest BCUT2D eigenvalue weighted by Crippen LogP contribution is -1.85. The van der Waals surface area contributed by atoms with E-state index in [4.69, 9.17) is 0 Å². The maximum atomic E-state index is 4.26. The Labute approximate surface area is 199 Å². The van der Waals surface area contributed by atoms with Crippen LogP contribution in [0.2, 0.25) is 0 Å². The summed E-state index contributed by atoms with van der Waals surface area (Å²) in [5, 5.41) is 2.69. The van der Waals surface area contributed by atoms with Crippen molar-refractivity contribution in [1.29, 1.82) is 0 Å². The van der Waals surface area contributed by atoms with Gasteiger partial charge in [-0.05, 0) is 73.0 Å². The van der Waals surface area contributed by atoms with Gasteiger partial charge in [0.15, 0.2) is 0 Å². The van der Waals surface area contributed by atoms with Gasteiger partial charge in [-0.25, -0.2) is 0 Å². The third kappa shape index (κ3) is 2.91. The summed E-state index contributed by atoms with van der Waals surface area (Å²) in [6.45, 7) is 0. The van der Waals surface area contributed by atoms with Crippen LogP contribution in [0, 0.1) is 0 Å². The average molecular weight is 432 g/mol. The largest absolute Gasteiger partial charge is 0.264 e. The van der Waals surface area contributed by atoms with Crippen molar-refractivity contribution in [2.75, 3.05) is 0 Å². The second-order valence-corrected chi connectivity index (χ2v) is 8.83. The van der Waals surface area contributed by atoms with Gasteiger partial charge in [-0.15, -0.1) is 0 Å².